The zero-order valence-corrected chi connectivity index (χ0v) is 15.5. The van der Waals surface area contributed by atoms with E-state index in [2.05, 4.69) is 19.8 Å². The van der Waals surface area contributed by atoms with Gasteiger partial charge in [-0.1, -0.05) is 0 Å². The molecule has 0 spiro atoms. The van der Waals surface area contributed by atoms with Gasteiger partial charge in [-0.25, -0.2) is 13.4 Å². The smallest absolute Gasteiger partial charge is 0.239 e. The molecular weight excluding hydrogens is 342 g/mol. The number of nitrogens with zero attached hydrogens (tertiary/aromatic N) is 5. The lowest BCUT2D eigenvalue weighted by atomic mass is 10.1. The number of anilines is 1. The van der Waals surface area contributed by atoms with Gasteiger partial charge in [0.2, 0.25) is 5.91 Å². The highest BCUT2D eigenvalue weighted by Crippen LogP contribution is 2.19. The number of amides is 1. The van der Waals surface area contributed by atoms with Crippen molar-refractivity contribution >= 4 is 21.6 Å². The molecule has 0 N–H and O–H groups in total. The average molecular weight is 367 g/mol. The van der Waals surface area contributed by atoms with Crippen molar-refractivity contribution < 1.29 is 13.2 Å². The summed E-state index contributed by atoms with van der Waals surface area (Å²) in [5, 5.41) is 0. The van der Waals surface area contributed by atoms with Crippen molar-refractivity contribution in [2.24, 2.45) is 0 Å². The van der Waals surface area contributed by atoms with E-state index in [0.29, 0.717) is 6.42 Å². The molecule has 1 aromatic rings. The van der Waals surface area contributed by atoms with E-state index in [1.165, 1.54) is 0 Å². The molecule has 0 saturated carbocycles. The first-order valence-corrected chi connectivity index (χ1v) is 10.4. The van der Waals surface area contributed by atoms with E-state index in [0.717, 1.165) is 32.0 Å². The molecule has 0 aliphatic carbocycles. The van der Waals surface area contributed by atoms with Crippen molar-refractivity contribution in [3.8, 4) is 0 Å². The molecule has 0 aromatic carbocycles. The highest BCUT2D eigenvalue weighted by Gasteiger charge is 2.36. The van der Waals surface area contributed by atoms with E-state index < -0.39 is 9.84 Å². The van der Waals surface area contributed by atoms with E-state index in [9.17, 15) is 13.2 Å². The van der Waals surface area contributed by atoms with Gasteiger partial charge in [-0.3, -0.25) is 14.7 Å². The number of rotatable bonds is 4. The minimum absolute atomic E-state index is 0.00458. The molecule has 2 fully saturated rings. The summed E-state index contributed by atoms with van der Waals surface area (Å²) in [7, 11) is -1.27. The van der Waals surface area contributed by atoms with Crippen LogP contribution >= 0.6 is 0 Å². The summed E-state index contributed by atoms with van der Waals surface area (Å²) >= 11 is 0. The first-order valence-electron chi connectivity index (χ1n) is 8.59. The standard InChI is InChI=1S/C16H25N5O3S/c1-13(16(22)19(2)14-3-10-25(23,24)12-14)20-6-8-21(9-7-20)15-11-17-4-5-18-15/h4-5,11,13-14H,3,6-10,12H2,1-2H3/t13-,14+/m0/s1. The molecule has 138 valence electrons. The van der Waals surface area contributed by atoms with Gasteiger partial charge >= 0.3 is 0 Å². The Hall–Kier alpha value is -1.74. The number of carbonyl (C=O) groups excluding carboxylic acids is 1. The highest BCUT2D eigenvalue weighted by molar-refractivity contribution is 7.91. The maximum atomic E-state index is 12.7. The van der Waals surface area contributed by atoms with Crippen molar-refractivity contribution in [3.63, 3.8) is 0 Å². The van der Waals surface area contributed by atoms with Crippen LogP contribution in [-0.4, -0.2) is 90.9 Å². The molecule has 0 unspecified atom stereocenters. The number of hydrogen-bond donors (Lipinski definition) is 0. The van der Waals surface area contributed by atoms with Crippen LogP contribution < -0.4 is 4.90 Å². The van der Waals surface area contributed by atoms with Crippen LogP contribution in [0.1, 0.15) is 13.3 Å². The minimum atomic E-state index is -2.99. The Kier molecular flexibility index (Phi) is 5.24. The molecule has 9 heteroatoms. The second-order valence-corrected chi connectivity index (χ2v) is 9.00. The zero-order chi connectivity index (χ0) is 18.0. The lowest BCUT2D eigenvalue weighted by Gasteiger charge is -2.39. The number of sulfone groups is 1. The first-order chi connectivity index (χ1) is 11.9. The van der Waals surface area contributed by atoms with Gasteiger partial charge in [-0.05, 0) is 13.3 Å². The van der Waals surface area contributed by atoms with E-state index in [-0.39, 0.29) is 29.5 Å². The highest BCUT2D eigenvalue weighted by atomic mass is 32.2. The fourth-order valence-corrected chi connectivity index (χ4v) is 5.28. The molecule has 2 aliphatic heterocycles. The van der Waals surface area contributed by atoms with Crippen LogP contribution in [0, 0.1) is 0 Å². The molecule has 1 amide bonds. The molecule has 8 nitrogen and oxygen atoms in total. The van der Waals surface area contributed by atoms with Crippen LogP contribution in [0.5, 0.6) is 0 Å². The number of hydrogen-bond acceptors (Lipinski definition) is 7. The van der Waals surface area contributed by atoms with E-state index in [4.69, 9.17) is 0 Å². The summed E-state index contributed by atoms with van der Waals surface area (Å²) in [6, 6.07) is -0.446. The third-order valence-electron chi connectivity index (χ3n) is 5.20. The van der Waals surface area contributed by atoms with Gasteiger partial charge in [0.25, 0.3) is 0 Å². The lowest BCUT2D eigenvalue weighted by Crippen LogP contribution is -2.55. The van der Waals surface area contributed by atoms with Gasteiger partial charge in [0.1, 0.15) is 5.82 Å². The van der Waals surface area contributed by atoms with Gasteiger partial charge in [0.05, 0.1) is 23.7 Å². The van der Waals surface area contributed by atoms with Crippen LogP contribution in [0.3, 0.4) is 0 Å². The predicted octanol–water partition coefficient (Wildman–Crippen LogP) is -0.367. The maximum absolute atomic E-state index is 12.7. The van der Waals surface area contributed by atoms with Crippen LogP contribution in [0.2, 0.25) is 0 Å². The van der Waals surface area contributed by atoms with Crippen molar-refractivity contribution in [2.45, 2.75) is 25.4 Å². The molecule has 3 heterocycles. The fourth-order valence-electron chi connectivity index (χ4n) is 3.50. The molecule has 2 aliphatic rings. The van der Waals surface area contributed by atoms with Crippen molar-refractivity contribution in [2.75, 3.05) is 49.6 Å². The lowest BCUT2D eigenvalue weighted by molar-refractivity contribution is -0.136. The summed E-state index contributed by atoms with van der Waals surface area (Å²) in [5.41, 5.74) is 0. The topological polar surface area (TPSA) is 86.7 Å². The Balaban J connectivity index is 1.55. The van der Waals surface area contributed by atoms with Gasteiger partial charge in [-0.15, -0.1) is 0 Å². The summed E-state index contributed by atoms with van der Waals surface area (Å²) < 4.78 is 23.3. The SMILES string of the molecule is C[C@@H](C(=O)N(C)[C@@H]1CCS(=O)(=O)C1)N1CCN(c2cnccn2)CC1. The van der Waals surface area contributed by atoms with Gasteiger partial charge < -0.3 is 9.80 Å². The zero-order valence-electron chi connectivity index (χ0n) is 14.7. The summed E-state index contributed by atoms with van der Waals surface area (Å²) in [5.74, 6) is 1.12. The number of carbonyl (C=O) groups is 1. The molecule has 0 radical (unpaired) electrons. The molecule has 0 bridgehead atoms. The quantitative estimate of drug-likeness (QED) is 0.718. The second kappa shape index (κ2) is 7.25. The summed E-state index contributed by atoms with van der Waals surface area (Å²) in [6.07, 6.45) is 5.62. The summed E-state index contributed by atoms with van der Waals surface area (Å²) in [4.78, 5) is 27.1. The van der Waals surface area contributed by atoms with Crippen molar-refractivity contribution in [3.05, 3.63) is 18.6 Å². The van der Waals surface area contributed by atoms with E-state index >= 15 is 0 Å². The van der Waals surface area contributed by atoms with Gasteiger partial charge in [0, 0.05) is 51.7 Å². The van der Waals surface area contributed by atoms with Gasteiger partial charge in [-0.2, -0.15) is 0 Å². The Labute approximate surface area is 148 Å². The van der Waals surface area contributed by atoms with Crippen LogP contribution in [0.25, 0.3) is 0 Å². The maximum Gasteiger partial charge on any atom is 0.239 e. The predicted molar refractivity (Wildman–Crippen MR) is 95.1 cm³/mol. The Morgan fingerprint density at radius 3 is 2.56 bits per heavy atom. The number of aromatic nitrogens is 2. The Morgan fingerprint density at radius 1 is 1.28 bits per heavy atom. The van der Waals surface area contributed by atoms with Gasteiger partial charge in [0.15, 0.2) is 9.84 Å². The van der Waals surface area contributed by atoms with Crippen molar-refractivity contribution in [1.29, 1.82) is 0 Å². The molecule has 1 aromatic heterocycles. The molecule has 2 saturated heterocycles. The largest absolute Gasteiger partial charge is 0.353 e. The molecule has 2 atom stereocenters. The first kappa shape index (κ1) is 18.1. The van der Waals surface area contributed by atoms with Crippen LogP contribution in [0.4, 0.5) is 5.82 Å². The minimum Gasteiger partial charge on any atom is -0.353 e. The third kappa shape index (κ3) is 4.09. The number of likely N-dealkylation sites (N-methyl/N-ethyl adjacent to an activating group) is 1. The molecular formula is C16H25N5O3S. The van der Waals surface area contributed by atoms with E-state index in [1.807, 2.05) is 6.92 Å². The second-order valence-electron chi connectivity index (χ2n) is 6.77. The Bertz CT molecular complexity index is 704. The van der Waals surface area contributed by atoms with Crippen molar-refractivity contribution in [1.82, 2.24) is 19.8 Å². The van der Waals surface area contributed by atoms with E-state index in [1.54, 1.807) is 30.5 Å². The molecule has 3 rings (SSSR count). The third-order valence-corrected chi connectivity index (χ3v) is 6.95. The van der Waals surface area contributed by atoms with Crippen LogP contribution in [0.15, 0.2) is 18.6 Å². The molecule has 25 heavy (non-hydrogen) atoms. The fraction of sp³-hybridized carbons (Fsp3) is 0.688. The number of piperazine rings is 1. The Morgan fingerprint density at radius 2 is 2.00 bits per heavy atom. The normalized spacial score (nSPS) is 24.9. The monoisotopic (exact) mass is 367 g/mol. The summed E-state index contributed by atoms with van der Waals surface area (Å²) in [6.45, 7) is 5.01. The van der Waals surface area contributed by atoms with Crippen LogP contribution in [-0.2, 0) is 14.6 Å². The average Bonchev–Trinajstić information content (AvgIpc) is 3.00.